The molecule has 8 nitrogen and oxygen atoms in total. The van der Waals surface area contributed by atoms with Crippen LogP contribution in [0.15, 0.2) is 27.8 Å². The Hall–Kier alpha value is -2.87. The van der Waals surface area contributed by atoms with Gasteiger partial charge in [0.2, 0.25) is 0 Å². The lowest BCUT2D eigenvalue weighted by Gasteiger charge is -2.30. The second-order valence-corrected chi connectivity index (χ2v) is 7.04. The molecule has 0 aromatic heterocycles. The second kappa shape index (κ2) is 7.40. The van der Waals surface area contributed by atoms with Gasteiger partial charge in [0.15, 0.2) is 5.75 Å². The lowest BCUT2D eigenvalue weighted by Crippen LogP contribution is -2.43. The Morgan fingerprint density at radius 3 is 2.48 bits per heavy atom. The average Bonchev–Trinajstić information content (AvgIpc) is 2.66. The Bertz CT molecular complexity index is 941. The summed E-state index contributed by atoms with van der Waals surface area (Å²) >= 11 is 0. The van der Waals surface area contributed by atoms with Crippen LogP contribution in [0.3, 0.4) is 0 Å². The number of phenols is 1. The highest BCUT2D eigenvalue weighted by Gasteiger charge is 2.29. The van der Waals surface area contributed by atoms with Crippen LogP contribution in [0, 0.1) is 0 Å². The number of phenolic OH excluding ortho intramolecular Hbond substituents is 1. The maximum atomic E-state index is 12.1. The molecule has 4 N–H and O–H groups in total. The summed E-state index contributed by atoms with van der Waals surface area (Å²) in [4.78, 5) is 37.4. The molecule has 148 valence electrons. The number of anilines is 3. The maximum absolute atomic E-state index is 12.1. The predicted octanol–water partition coefficient (Wildman–Crippen LogP) is 1.64. The highest BCUT2D eigenvalue weighted by Crippen LogP contribution is 2.32. The van der Waals surface area contributed by atoms with Crippen molar-refractivity contribution in [2.24, 2.45) is 0 Å². The zero-order valence-electron chi connectivity index (χ0n) is 15.3. The highest BCUT2D eigenvalue weighted by atomic mass is 16.3. The first-order valence-electron chi connectivity index (χ1n) is 8.89. The van der Waals surface area contributed by atoms with E-state index in [-0.39, 0.29) is 43.2 Å². The zero-order chi connectivity index (χ0) is 19.7. The number of carbonyl (C=O) groups is 1. The van der Waals surface area contributed by atoms with Gasteiger partial charge in [0.1, 0.15) is 11.4 Å². The van der Waals surface area contributed by atoms with E-state index < -0.39 is 17.0 Å². The van der Waals surface area contributed by atoms with Gasteiger partial charge in [-0.05, 0) is 25.0 Å². The Kier molecular flexibility index (Phi) is 5.18. The van der Waals surface area contributed by atoms with E-state index in [1.165, 1.54) is 17.0 Å². The molecule has 0 radical (unpaired) electrons. The second-order valence-electron chi connectivity index (χ2n) is 7.04. The molecule has 1 aliphatic rings. The SMILES string of the molecule is CN(C)C(=O)c1cccc(Nc2c(N[C@H]3CCCC[C@@H]3O)c(=O)c2=O)c1O.[HH].[HH]. The van der Waals surface area contributed by atoms with Gasteiger partial charge in [-0.1, -0.05) is 18.9 Å². The number of benzene rings is 1. The van der Waals surface area contributed by atoms with Crippen LogP contribution in [0.25, 0.3) is 0 Å². The molecule has 1 amide bonds. The molecule has 1 saturated carbocycles. The summed E-state index contributed by atoms with van der Waals surface area (Å²) in [6.45, 7) is 0. The summed E-state index contributed by atoms with van der Waals surface area (Å²) in [7, 11) is 3.13. The number of hydrogen-bond donors (Lipinski definition) is 4. The molecular weight excluding hydrogens is 350 g/mol. The fourth-order valence-electron chi connectivity index (χ4n) is 3.31. The third-order valence-electron chi connectivity index (χ3n) is 4.90. The fraction of sp³-hybridized carbons (Fsp3) is 0.421. The van der Waals surface area contributed by atoms with Gasteiger partial charge in [0, 0.05) is 16.9 Å². The van der Waals surface area contributed by atoms with E-state index in [9.17, 15) is 24.6 Å². The Morgan fingerprint density at radius 1 is 1.15 bits per heavy atom. The third-order valence-corrected chi connectivity index (χ3v) is 4.90. The van der Waals surface area contributed by atoms with Gasteiger partial charge in [-0.25, -0.2) is 0 Å². The predicted molar refractivity (Wildman–Crippen MR) is 107 cm³/mol. The van der Waals surface area contributed by atoms with Crippen LogP contribution in [-0.2, 0) is 0 Å². The first-order chi connectivity index (χ1) is 12.8. The summed E-state index contributed by atoms with van der Waals surface area (Å²) in [5, 5.41) is 26.2. The number of carbonyl (C=O) groups excluding carboxylic acids is 1. The molecule has 0 unspecified atom stereocenters. The topological polar surface area (TPSA) is 119 Å². The smallest absolute Gasteiger partial charge is 0.257 e. The van der Waals surface area contributed by atoms with E-state index in [2.05, 4.69) is 10.6 Å². The van der Waals surface area contributed by atoms with E-state index in [1.807, 2.05) is 0 Å². The van der Waals surface area contributed by atoms with Gasteiger partial charge < -0.3 is 25.7 Å². The molecule has 0 bridgehead atoms. The summed E-state index contributed by atoms with van der Waals surface area (Å²) < 4.78 is 0. The minimum Gasteiger partial charge on any atom is -0.505 e. The van der Waals surface area contributed by atoms with Crippen LogP contribution < -0.4 is 21.5 Å². The van der Waals surface area contributed by atoms with Gasteiger partial charge in [0.05, 0.1) is 23.4 Å². The molecule has 8 heteroatoms. The fourth-order valence-corrected chi connectivity index (χ4v) is 3.31. The van der Waals surface area contributed by atoms with Crippen molar-refractivity contribution in [3.63, 3.8) is 0 Å². The van der Waals surface area contributed by atoms with Crippen molar-refractivity contribution in [1.29, 1.82) is 0 Å². The number of aromatic hydroxyl groups is 1. The minimum atomic E-state index is -0.702. The lowest BCUT2D eigenvalue weighted by molar-refractivity contribution is 0.0824. The van der Waals surface area contributed by atoms with Crippen molar-refractivity contribution < 1.29 is 17.9 Å². The number of nitrogens with zero attached hydrogens (tertiary/aromatic N) is 1. The average molecular weight is 377 g/mol. The maximum Gasteiger partial charge on any atom is 0.257 e. The van der Waals surface area contributed by atoms with E-state index in [0.29, 0.717) is 12.8 Å². The molecule has 2 atom stereocenters. The normalized spacial score (nSPS) is 19.7. The van der Waals surface area contributed by atoms with E-state index in [4.69, 9.17) is 0 Å². The van der Waals surface area contributed by atoms with Gasteiger partial charge in [-0.3, -0.25) is 14.4 Å². The molecule has 0 heterocycles. The summed E-state index contributed by atoms with van der Waals surface area (Å²) in [5.74, 6) is -0.683. The summed E-state index contributed by atoms with van der Waals surface area (Å²) in [5.41, 5.74) is -0.984. The number of aliphatic hydroxyl groups excluding tert-OH is 1. The molecule has 1 aliphatic carbocycles. The molecular formula is C19H27N3O5. The first kappa shape index (κ1) is 18.9. The number of amides is 1. The molecule has 2 aromatic carbocycles. The van der Waals surface area contributed by atoms with Gasteiger partial charge in [-0.2, -0.15) is 0 Å². The van der Waals surface area contributed by atoms with E-state index in [0.717, 1.165) is 12.8 Å². The number of para-hydroxylation sites is 1. The van der Waals surface area contributed by atoms with Crippen molar-refractivity contribution in [3.05, 3.63) is 44.2 Å². The van der Waals surface area contributed by atoms with Crippen molar-refractivity contribution in [3.8, 4) is 5.75 Å². The quantitative estimate of drug-likeness (QED) is 0.462. The Balaban J connectivity index is 0.00000210. The van der Waals surface area contributed by atoms with Gasteiger partial charge >= 0.3 is 0 Å². The van der Waals surface area contributed by atoms with Gasteiger partial charge in [0.25, 0.3) is 16.8 Å². The van der Waals surface area contributed by atoms with Crippen LogP contribution in [0.2, 0.25) is 0 Å². The van der Waals surface area contributed by atoms with E-state index >= 15 is 0 Å². The molecule has 27 heavy (non-hydrogen) atoms. The van der Waals surface area contributed by atoms with Crippen LogP contribution in [0.1, 0.15) is 38.9 Å². The molecule has 3 rings (SSSR count). The van der Waals surface area contributed by atoms with Crippen LogP contribution >= 0.6 is 0 Å². The molecule has 0 spiro atoms. The lowest BCUT2D eigenvalue weighted by atomic mass is 9.92. The summed E-state index contributed by atoms with van der Waals surface area (Å²) in [6, 6.07) is 4.26. The standard InChI is InChI=1S/C19H23N3O5.2H2/c1-22(2)19(27)10-6-5-8-12(16(10)24)21-15-14(17(25)18(15)26)20-11-7-3-4-9-13(11)23;;/h5-6,8,11,13,20-21,23-24H,3-4,7,9H2,1-2H3;2*1H/t11-,13-;;/m0../s1. The number of aliphatic hydroxyl groups is 1. The minimum absolute atomic E-state index is 0. The van der Waals surface area contributed by atoms with Gasteiger partial charge in [-0.15, -0.1) is 0 Å². The molecule has 0 aliphatic heterocycles. The highest BCUT2D eigenvalue weighted by molar-refractivity contribution is 5.99. The van der Waals surface area contributed by atoms with Crippen molar-refractivity contribution in [2.45, 2.75) is 37.8 Å². The summed E-state index contributed by atoms with van der Waals surface area (Å²) in [6.07, 6.45) is 2.63. The number of nitrogens with one attached hydrogen (secondary N) is 2. The van der Waals surface area contributed by atoms with Crippen molar-refractivity contribution in [2.75, 3.05) is 24.7 Å². The monoisotopic (exact) mass is 377 g/mol. The van der Waals surface area contributed by atoms with Crippen LogP contribution in [0.4, 0.5) is 17.1 Å². The zero-order valence-corrected chi connectivity index (χ0v) is 15.3. The molecule has 2 aromatic rings. The largest absolute Gasteiger partial charge is 0.505 e. The third kappa shape index (κ3) is 3.52. The van der Waals surface area contributed by atoms with Crippen LogP contribution in [-0.4, -0.2) is 47.3 Å². The number of rotatable bonds is 5. The van der Waals surface area contributed by atoms with Crippen LogP contribution in [0.5, 0.6) is 5.75 Å². The Morgan fingerprint density at radius 2 is 1.81 bits per heavy atom. The van der Waals surface area contributed by atoms with Crippen molar-refractivity contribution >= 4 is 23.0 Å². The van der Waals surface area contributed by atoms with E-state index in [1.54, 1.807) is 20.2 Å². The number of hydrogen-bond acceptors (Lipinski definition) is 7. The molecule has 0 saturated heterocycles. The molecule has 1 fully saturated rings. The van der Waals surface area contributed by atoms with Crippen molar-refractivity contribution in [1.82, 2.24) is 4.90 Å². The first-order valence-corrected chi connectivity index (χ1v) is 8.89. The Labute approximate surface area is 159 Å².